The van der Waals surface area contributed by atoms with E-state index in [0.717, 1.165) is 17.5 Å². The quantitative estimate of drug-likeness (QED) is 0.421. The van der Waals surface area contributed by atoms with Gasteiger partial charge >= 0.3 is 6.09 Å². The van der Waals surface area contributed by atoms with Gasteiger partial charge in [-0.2, -0.15) is 0 Å². The lowest BCUT2D eigenvalue weighted by Gasteiger charge is -2.37. The van der Waals surface area contributed by atoms with Crippen LogP contribution in [0.2, 0.25) is 18.1 Å². The van der Waals surface area contributed by atoms with Crippen LogP contribution in [0, 0.1) is 11.4 Å². The van der Waals surface area contributed by atoms with E-state index in [0.29, 0.717) is 13.2 Å². The molecule has 0 saturated carbocycles. The molecule has 8 heteroatoms. The maximum Gasteiger partial charge on any atom is 0.407 e. The van der Waals surface area contributed by atoms with Crippen LogP contribution in [0.1, 0.15) is 43.5 Å². The van der Waals surface area contributed by atoms with Crippen molar-refractivity contribution in [2.75, 3.05) is 13.7 Å². The lowest BCUT2D eigenvalue weighted by atomic mass is 10.0. The molecule has 0 heterocycles. The van der Waals surface area contributed by atoms with Gasteiger partial charge in [-0.15, -0.1) is 0 Å². The van der Waals surface area contributed by atoms with Gasteiger partial charge in [0.15, 0.2) is 14.4 Å². The second-order valence-corrected chi connectivity index (χ2v) is 13.7. The Labute approximate surface area is 162 Å². The van der Waals surface area contributed by atoms with Crippen molar-refractivity contribution in [2.45, 2.75) is 57.9 Å². The number of nitrogens with zero attached hydrogens (tertiary/aromatic N) is 3. The van der Waals surface area contributed by atoms with Crippen LogP contribution in [0.3, 0.4) is 0 Å². The summed E-state index contributed by atoms with van der Waals surface area (Å²) in [6.45, 7) is 12.0. The topological polar surface area (TPSA) is 100 Å². The number of amides is 1. The fourth-order valence-corrected chi connectivity index (χ4v) is 4.16. The molecule has 1 aliphatic carbocycles. The van der Waals surface area contributed by atoms with Crippen molar-refractivity contribution in [1.82, 2.24) is 9.81 Å². The first-order chi connectivity index (χ1) is 12.5. The molecule has 0 unspecified atom stereocenters. The Hall–Kier alpha value is -2.02. The van der Waals surface area contributed by atoms with E-state index in [1.165, 1.54) is 10.5 Å². The van der Waals surface area contributed by atoms with Crippen molar-refractivity contribution < 1.29 is 14.3 Å². The summed E-state index contributed by atoms with van der Waals surface area (Å²) in [6, 6.07) is 5.79. The molecule has 0 bridgehead atoms. The first kappa shape index (κ1) is 21.3. The van der Waals surface area contributed by atoms with Gasteiger partial charge in [-0.05, 0) is 41.2 Å². The molecule has 0 spiro atoms. The van der Waals surface area contributed by atoms with Crippen molar-refractivity contribution in [3.8, 4) is 0 Å². The summed E-state index contributed by atoms with van der Waals surface area (Å²) < 4.78 is 6.40. The lowest BCUT2D eigenvalue weighted by molar-refractivity contribution is 0.153. The number of fused-ring (bicyclic) bond motifs is 1. The molecule has 0 aromatic heterocycles. The number of hydrogen-bond donors (Lipinski definition) is 2. The molecule has 0 saturated heterocycles. The Morgan fingerprint density at radius 3 is 2.67 bits per heavy atom. The van der Waals surface area contributed by atoms with Crippen LogP contribution in [0.25, 0.3) is 0 Å². The fourth-order valence-electron chi connectivity index (χ4n) is 3.09. The number of nitrogens with one attached hydrogen (secondary N) is 1. The Kier molecular flexibility index (Phi) is 6.24. The Morgan fingerprint density at radius 2 is 2.11 bits per heavy atom. The predicted molar refractivity (Wildman–Crippen MR) is 106 cm³/mol. The molecule has 0 radical (unpaired) electrons. The number of rotatable bonds is 6. The Balaban J connectivity index is 2.20. The van der Waals surface area contributed by atoms with E-state index in [1.807, 2.05) is 18.2 Å². The Morgan fingerprint density at radius 1 is 1.44 bits per heavy atom. The minimum atomic E-state index is -1.86. The zero-order chi connectivity index (χ0) is 20.4. The summed E-state index contributed by atoms with van der Waals surface area (Å²) in [4.78, 5) is 15.6. The number of hydrogen-bond acceptors (Lipinski definition) is 4. The SMILES string of the molecule is CN(Cc1ccc2c(c1)[C@H](N=[N+]=N)[C@@H](CO[Si](C)(C)C(C)(C)C)C2)C(=O)O. The molecule has 0 aliphatic heterocycles. The van der Waals surface area contributed by atoms with Gasteiger partial charge in [0.1, 0.15) is 10.6 Å². The number of benzene rings is 1. The van der Waals surface area contributed by atoms with E-state index in [1.54, 1.807) is 7.05 Å². The third kappa shape index (κ3) is 4.83. The van der Waals surface area contributed by atoms with Crippen LogP contribution in [-0.4, -0.2) is 38.1 Å². The molecule has 2 atom stereocenters. The highest BCUT2D eigenvalue weighted by Crippen LogP contribution is 2.42. The fraction of sp³-hybridized carbons (Fsp3) is 0.632. The third-order valence-electron chi connectivity index (χ3n) is 5.85. The maximum absolute atomic E-state index is 11.1. The zero-order valence-electron chi connectivity index (χ0n) is 17.1. The van der Waals surface area contributed by atoms with E-state index >= 15 is 0 Å². The van der Waals surface area contributed by atoms with E-state index in [4.69, 9.17) is 15.1 Å². The molecule has 1 amide bonds. The molecule has 7 nitrogen and oxygen atoms in total. The summed E-state index contributed by atoms with van der Waals surface area (Å²) >= 11 is 0. The van der Waals surface area contributed by atoms with Crippen molar-refractivity contribution in [3.63, 3.8) is 0 Å². The average Bonchev–Trinajstić information content (AvgIpc) is 2.89. The molecule has 148 valence electrons. The first-order valence-corrected chi connectivity index (χ1v) is 12.1. The number of carboxylic acid groups (broad SMARTS) is 1. The normalized spacial score (nSPS) is 19.3. The van der Waals surface area contributed by atoms with Crippen molar-refractivity contribution in [1.29, 1.82) is 5.53 Å². The molecular formula is C19H31N4O3Si+. The lowest BCUT2D eigenvalue weighted by Crippen LogP contribution is -2.42. The van der Waals surface area contributed by atoms with Gasteiger partial charge < -0.3 is 14.4 Å². The standard InChI is InChI=1S/C19H30N4O3Si/c1-19(2,3)27(5,6)26-12-15-10-14-8-7-13(11-23(4)18(24)25)9-16(14)17(15)21-22-20/h7-9,15,17,20H,10-12H2,1-6H3/p+1/t15-,17-/m1/s1. The van der Waals surface area contributed by atoms with Crippen molar-refractivity contribution in [2.24, 2.45) is 11.0 Å². The monoisotopic (exact) mass is 391 g/mol. The van der Waals surface area contributed by atoms with E-state index in [2.05, 4.69) is 43.9 Å². The predicted octanol–water partition coefficient (Wildman–Crippen LogP) is 4.58. The minimum Gasteiger partial charge on any atom is -0.465 e. The summed E-state index contributed by atoms with van der Waals surface area (Å²) in [7, 11) is -0.317. The van der Waals surface area contributed by atoms with Crippen LogP contribution in [0.15, 0.2) is 23.3 Å². The molecule has 1 aliphatic rings. The highest BCUT2D eigenvalue weighted by Gasteiger charge is 2.41. The van der Waals surface area contributed by atoms with Crippen LogP contribution >= 0.6 is 0 Å². The van der Waals surface area contributed by atoms with Crippen molar-refractivity contribution >= 4 is 14.4 Å². The summed E-state index contributed by atoms with van der Waals surface area (Å²) in [5, 5.41) is 13.4. The second-order valence-electron chi connectivity index (χ2n) is 8.87. The molecule has 1 aromatic carbocycles. The molecular weight excluding hydrogens is 360 g/mol. The second kappa shape index (κ2) is 7.92. The molecule has 27 heavy (non-hydrogen) atoms. The molecule has 2 rings (SSSR count). The van der Waals surface area contributed by atoms with E-state index in [-0.39, 0.29) is 17.0 Å². The van der Waals surface area contributed by atoms with Gasteiger partial charge in [0.25, 0.3) is 0 Å². The molecule has 1 aromatic rings. The highest BCUT2D eigenvalue weighted by atomic mass is 28.4. The van der Waals surface area contributed by atoms with Gasteiger partial charge in [0.2, 0.25) is 4.91 Å². The molecule has 2 N–H and O–H groups in total. The van der Waals surface area contributed by atoms with Crippen LogP contribution in [0.5, 0.6) is 0 Å². The maximum atomic E-state index is 11.1. The van der Waals surface area contributed by atoms with Crippen LogP contribution in [-0.2, 0) is 17.4 Å². The summed E-state index contributed by atoms with van der Waals surface area (Å²) in [6.07, 6.45) is -0.124. The van der Waals surface area contributed by atoms with Crippen LogP contribution in [0.4, 0.5) is 4.79 Å². The van der Waals surface area contributed by atoms with Gasteiger partial charge in [0, 0.05) is 26.1 Å². The largest absolute Gasteiger partial charge is 0.465 e. The van der Waals surface area contributed by atoms with Gasteiger partial charge in [-0.3, -0.25) is 0 Å². The van der Waals surface area contributed by atoms with Gasteiger partial charge in [-0.25, -0.2) is 4.79 Å². The Bertz CT molecular complexity index is 754. The highest BCUT2D eigenvalue weighted by molar-refractivity contribution is 6.74. The first-order valence-electron chi connectivity index (χ1n) is 9.22. The van der Waals surface area contributed by atoms with Gasteiger partial charge in [0.05, 0.1) is 0 Å². The third-order valence-corrected chi connectivity index (χ3v) is 10.4. The zero-order valence-corrected chi connectivity index (χ0v) is 18.1. The number of carbonyl (C=O) groups is 1. The van der Waals surface area contributed by atoms with E-state index < -0.39 is 14.4 Å². The summed E-state index contributed by atoms with van der Waals surface area (Å²) in [5.41, 5.74) is 10.3. The smallest absolute Gasteiger partial charge is 0.407 e. The summed E-state index contributed by atoms with van der Waals surface area (Å²) in [5.74, 6) is 0.149. The van der Waals surface area contributed by atoms with Gasteiger partial charge in [-0.1, -0.05) is 39.0 Å². The van der Waals surface area contributed by atoms with E-state index in [9.17, 15) is 4.79 Å². The van der Waals surface area contributed by atoms with Crippen molar-refractivity contribution in [3.05, 3.63) is 34.9 Å². The average molecular weight is 392 g/mol. The van der Waals surface area contributed by atoms with Crippen LogP contribution < -0.4 is 4.91 Å². The molecule has 0 fully saturated rings. The minimum absolute atomic E-state index is 0.138.